The number of nitrogens with zero attached hydrogens (tertiary/aromatic N) is 2. The highest BCUT2D eigenvalue weighted by molar-refractivity contribution is 5.77. The largest absolute Gasteiger partial charge is 0.501 e. The van der Waals surface area contributed by atoms with Crippen LogP contribution in [0.5, 0.6) is 5.75 Å². The molecule has 2 aromatic carbocycles. The van der Waals surface area contributed by atoms with Crippen molar-refractivity contribution >= 4 is 12.0 Å². The molecule has 1 heterocycles. The van der Waals surface area contributed by atoms with E-state index in [-0.39, 0.29) is 24.2 Å². The Morgan fingerprint density at radius 1 is 1.19 bits per heavy atom. The number of halogens is 1. The summed E-state index contributed by atoms with van der Waals surface area (Å²) in [6.07, 6.45) is 5.38. The van der Waals surface area contributed by atoms with Crippen LogP contribution in [0.25, 0.3) is 28.7 Å². The number of carbonyl (C=O) groups excluding carboxylic acids is 1. The van der Waals surface area contributed by atoms with Gasteiger partial charge in [-0.1, -0.05) is 24.3 Å². The SMILES string of the molecule is CCO/C=C\c1ccc(-c2cn(CC(=O)NC(C)C)c(-c3ccc(F)c(OC)c3)n2)cc1. The molecular formula is C25H28FN3O3. The standard InChI is InChI=1S/C25H28FN3O3/c1-5-32-13-12-18-6-8-19(9-7-18)22-15-29(16-24(30)27-17(2)3)25(28-22)20-10-11-21(26)23(14-20)31-4/h6-15,17H,5,16H2,1-4H3,(H,27,30)/b13-12-. The molecule has 0 fully saturated rings. The van der Waals surface area contributed by atoms with Crippen molar-refractivity contribution in [3.05, 3.63) is 66.3 Å². The van der Waals surface area contributed by atoms with Crippen molar-refractivity contribution in [2.45, 2.75) is 33.4 Å². The first-order valence-electron chi connectivity index (χ1n) is 10.5. The van der Waals surface area contributed by atoms with Gasteiger partial charge in [0.15, 0.2) is 11.6 Å². The van der Waals surface area contributed by atoms with Gasteiger partial charge < -0.3 is 19.4 Å². The quantitative estimate of drug-likeness (QED) is 0.484. The molecule has 1 N–H and O–H groups in total. The van der Waals surface area contributed by atoms with Crippen LogP contribution in [-0.2, 0) is 16.1 Å². The molecule has 0 aliphatic rings. The number of ether oxygens (including phenoxy) is 2. The Labute approximate surface area is 187 Å². The highest BCUT2D eigenvalue weighted by atomic mass is 19.1. The summed E-state index contributed by atoms with van der Waals surface area (Å²) >= 11 is 0. The molecule has 3 aromatic rings. The molecule has 0 atom stereocenters. The van der Waals surface area contributed by atoms with Gasteiger partial charge in [-0.2, -0.15) is 0 Å². The van der Waals surface area contributed by atoms with Crippen LogP contribution >= 0.6 is 0 Å². The Hall–Kier alpha value is -3.61. The second-order valence-electron chi connectivity index (χ2n) is 7.53. The zero-order chi connectivity index (χ0) is 23.1. The lowest BCUT2D eigenvalue weighted by atomic mass is 10.1. The van der Waals surface area contributed by atoms with E-state index >= 15 is 0 Å². The summed E-state index contributed by atoms with van der Waals surface area (Å²) in [6, 6.07) is 12.4. The topological polar surface area (TPSA) is 65.4 Å². The number of hydrogen-bond acceptors (Lipinski definition) is 4. The van der Waals surface area contributed by atoms with Crippen LogP contribution in [0, 0.1) is 5.82 Å². The maximum atomic E-state index is 13.9. The molecule has 168 valence electrons. The summed E-state index contributed by atoms with van der Waals surface area (Å²) in [5, 5.41) is 2.89. The van der Waals surface area contributed by atoms with E-state index in [1.165, 1.54) is 13.2 Å². The van der Waals surface area contributed by atoms with Gasteiger partial charge in [0, 0.05) is 23.4 Å². The second kappa shape index (κ2) is 10.6. The summed E-state index contributed by atoms with van der Waals surface area (Å²) in [5.74, 6) is 0.0895. The van der Waals surface area contributed by atoms with Crippen LogP contribution in [0.15, 0.2) is 54.9 Å². The molecule has 0 radical (unpaired) electrons. The van der Waals surface area contributed by atoms with Gasteiger partial charge >= 0.3 is 0 Å². The summed E-state index contributed by atoms with van der Waals surface area (Å²) in [4.78, 5) is 17.2. The van der Waals surface area contributed by atoms with Crippen molar-refractivity contribution < 1.29 is 18.7 Å². The fourth-order valence-electron chi connectivity index (χ4n) is 3.22. The number of hydrogen-bond donors (Lipinski definition) is 1. The minimum atomic E-state index is -0.456. The predicted octanol–water partition coefficient (Wildman–Crippen LogP) is 4.90. The van der Waals surface area contributed by atoms with Gasteiger partial charge in [0.05, 0.1) is 25.7 Å². The molecular weight excluding hydrogens is 409 g/mol. The predicted molar refractivity (Wildman–Crippen MR) is 124 cm³/mol. The molecule has 3 rings (SSSR count). The van der Waals surface area contributed by atoms with Crippen molar-refractivity contribution in [2.75, 3.05) is 13.7 Å². The van der Waals surface area contributed by atoms with Crippen LogP contribution in [0.2, 0.25) is 0 Å². The minimum absolute atomic E-state index is 0.0251. The Bertz CT molecular complexity index is 1090. The molecule has 0 aliphatic heterocycles. The molecule has 0 bridgehead atoms. The first-order chi connectivity index (χ1) is 15.4. The normalized spacial score (nSPS) is 11.2. The van der Waals surface area contributed by atoms with Crippen molar-refractivity contribution in [3.63, 3.8) is 0 Å². The molecule has 0 saturated carbocycles. The molecule has 0 unspecified atom stereocenters. The number of aromatic nitrogens is 2. The fraction of sp³-hybridized carbons (Fsp3) is 0.280. The Balaban J connectivity index is 1.97. The van der Waals surface area contributed by atoms with Crippen molar-refractivity contribution in [2.24, 2.45) is 0 Å². The van der Waals surface area contributed by atoms with Crippen molar-refractivity contribution in [1.29, 1.82) is 0 Å². The molecule has 1 amide bonds. The number of carbonyl (C=O) groups is 1. The van der Waals surface area contributed by atoms with E-state index in [4.69, 9.17) is 14.5 Å². The lowest BCUT2D eigenvalue weighted by molar-refractivity contribution is -0.122. The number of methoxy groups -OCH3 is 1. The van der Waals surface area contributed by atoms with Crippen LogP contribution in [-0.4, -0.2) is 35.2 Å². The van der Waals surface area contributed by atoms with Crippen LogP contribution in [0.1, 0.15) is 26.3 Å². The van der Waals surface area contributed by atoms with Crippen LogP contribution in [0.4, 0.5) is 4.39 Å². The Morgan fingerprint density at radius 2 is 1.91 bits per heavy atom. The average Bonchev–Trinajstić information content (AvgIpc) is 3.17. The van der Waals surface area contributed by atoms with Gasteiger partial charge in [-0.05, 0) is 50.6 Å². The third kappa shape index (κ3) is 5.75. The molecule has 1 aromatic heterocycles. The summed E-state index contributed by atoms with van der Waals surface area (Å²) in [7, 11) is 1.41. The van der Waals surface area contributed by atoms with E-state index in [1.54, 1.807) is 23.0 Å². The number of rotatable bonds is 9. The van der Waals surface area contributed by atoms with E-state index in [2.05, 4.69) is 5.32 Å². The molecule has 0 aliphatic carbocycles. The smallest absolute Gasteiger partial charge is 0.240 e. The maximum absolute atomic E-state index is 13.9. The molecule has 7 heteroatoms. The fourth-order valence-corrected chi connectivity index (χ4v) is 3.22. The molecule has 32 heavy (non-hydrogen) atoms. The monoisotopic (exact) mass is 437 g/mol. The van der Waals surface area contributed by atoms with E-state index in [0.717, 1.165) is 11.1 Å². The van der Waals surface area contributed by atoms with Gasteiger partial charge in [0.2, 0.25) is 5.91 Å². The van der Waals surface area contributed by atoms with Gasteiger partial charge in [0.25, 0.3) is 0 Å². The van der Waals surface area contributed by atoms with Crippen molar-refractivity contribution in [1.82, 2.24) is 14.9 Å². The van der Waals surface area contributed by atoms with Gasteiger partial charge in [-0.15, -0.1) is 0 Å². The zero-order valence-corrected chi connectivity index (χ0v) is 18.8. The number of benzene rings is 2. The van der Waals surface area contributed by atoms with Crippen LogP contribution < -0.4 is 10.1 Å². The third-order valence-electron chi connectivity index (χ3n) is 4.68. The number of nitrogens with one attached hydrogen (secondary N) is 1. The van der Waals surface area contributed by atoms with E-state index in [1.807, 2.05) is 57.3 Å². The maximum Gasteiger partial charge on any atom is 0.240 e. The highest BCUT2D eigenvalue weighted by Gasteiger charge is 2.16. The van der Waals surface area contributed by atoms with E-state index in [9.17, 15) is 9.18 Å². The second-order valence-corrected chi connectivity index (χ2v) is 7.53. The first-order valence-corrected chi connectivity index (χ1v) is 10.5. The molecule has 0 saturated heterocycles. The lowest BCUT2D eigenvalue weighted by Crippen LogP contribution is -2.33. The highest BCUT2D eigenvalue weighted by Crippen LogP contribution is 2.29. The Kier molecular flexibility index (Phi) is 7.65. The molecule has 6 nitrogen and oxygen atoms in total. The van der Waals surface area contributed by atoms with Gasteiger partial charge in [-0.3, -0.25) is 4.79 Å². The number of imidazole rings is 1. The van der Waals surface area contributed by atoms with E-state index in [0.29, 0.717) is 23.7 Å². The van der Waals surface area contributed by atoms with Crippen LogP contribution in [0.3, 0.4) is 0 Å². The lowest BCUT2D eigenvalue weighted by Gasteiger charge is -2.11. The Morgan fingerprint density at radius 3 is 2.56 bits per heavy atom. The third-order valence-corrected chi connectivity index (χ3v) is 4.68. The number of amides is 1. The summed E-state index contributed by atoms with van der Waals surface area (Å²) in [6.45, 7) is 6.46. The summed E-state index contributed by atoms with van der Waals surface area (Å²) < 4.78 is 26.1. The van der Waals surface area contributed by atoms with Gasteiger partial charge in [0.1, 0.15) is 12.4 Å². The minimum Gasteiger partial charge on any atom is -0.501 e. The average molecular weight is 438 g/mol. The van der Waals surface area contributed by atoms with Gasteiger partial charge in [-0.25, -0.2) is 9.37 Å². The molecule has 0 spiro atoms. The summed E-state index contributed by atoms with van der Waals surface area (Å²) in [5.41, 5.74) is 3.27. The van der Waals surface area contributed by atoms with E-state index < -0.39 is 5.82 Å². The first kappa shape index (κ1) is 23.1. The zero-order valence-electron chi connectivity index (χ0n) is 18.8. The van der Waals surface area contributed by atoms with Crippen molar-refractivity contribution in [3.8, 4) is 28.4 Å².